The lowest BCUT2D eigenvalue weighted by molar-refractivity contribution is -0.107. The van der Waals surface area contributed by atoms with Gasteiger partial charge in [0, 0.05) is 47.7 Å². The Labute approximate surface area is 219 Å². The van der Waals surface area contributed by atoms with Crippen molar-refractivity contribution in [1.82, 2.24) is 9.97 Å². The zero-order valence-electron chi connectivity index (χ0n) is 20.3. The summed E-state index contributed by atoms with van der Waals surface area (Å²) >= 11 is 5.51. The van der Waals surface area contributed by atoms with Crippen molar-refractivity contribution < 1.29 is 14.3 Å². The van der Waals surface area contributed by atoms with Crippen LogP contribution >= 0.6 is 11.6 Å². The lowest BCUT2D eigenvalue weighted by Gasteiger charge is -2.29. The van der Waals surface area contributed by atoms with E-state index in [0.717, 1.165) is 52.1 Å². The van der Waals surface area contributed by atoms with Crippen LogP contribution in [-0.2, 0) is 9.53 Å². The Morgan fingerprint density at radius 3 is 2.76 bits per heavy atom. The summed E-state index contributed by atoms with van der Waals surface area (Å²) in [6.07, 6.45) is 4.72. The number of nitrogen functional groups attached to an aromatic ring is 1. The van der Waals surface area contributed by atoms with Crippen LogP contribution in [0.5, 0.6) is 5.75 Å². The van der Waals surface area contributed by atoms with Gasteiger partial charge in [0.25, 0.3) is 0 Å². The fraction of sp³-hybridized carbons (Fsp3) is 0.179. The molecule has 0 unspecified atom stereocenters. The summed E-state index contributed by atoms with van der Waals surface area (Å²) in [5.74, 6) is 1.12. The number of ether oxygens (including phenoxy) is 2. The molecule has 9 heteroatoms. The summed E-state index contributed by atoms with van der Waals surface area (Å²) in [5, 5.41) is 3.56. The monoisotopic (exact) mass is 515 g/mol. The van der Waals surface area contributed by atoms with Crippen molar-refractivity contribution in [2.24, 2.45) is 0 Å². The first-order valence-electron chi connectivity index (χ1n) is 11.8. The molecular formula is C28H26ClN5O3. The van der Waals surface area contributed by atoms with Crippen molar-refractivity contribution >= 4 is 56.8 Å². The number of nitrogens with one attached hydrogen (secondary N) is 1. The first-order chi connectivity index (χ1) is 18.0. The van der Waals surface area contributed by atoms with E-state index in [1.165, 1.54) is 6.08 Å². The molecule has 0 bridgehead atoms. The van der Waals surface area contributed by atoms with Gasteiger partial charge in [-0.2, -0.15) is 0 Å². The van der Waals surface area contributed by atoms with Crippen LogP contribution in [0.3, 0.4) is 0 Å². The Morgan fingerprint density at radius 2 is 2.00 bits per heavy atom. The van der Waals surface area contributed by atoms with E-state index in [1.54, 1.807) is 19.4 Å². The maximum atomic E-state index is 11.3. The van der Waals surface area contributed by atoms with E-state index >= 15 is 0 Å². The van der Waals surface area contributed by atoms with Gasteiger partial charge in [0.05, 0.1) is 31.5 Å². The van der Waals surface area contributed by atoms with Crippen LogP contribution in [0, 0.1) is 0 Å². The number of hydrogen-bond donors (Lipinski definition) is 2. The number of aromatic nitrogens is 2. The van der Waals surface area contributed by atoms with Crippen molar-refractivity contribution in [2.75, 3.05) is 49.4 Å². The highest BCUT2D eigenvalue weighted by atomic mass is 35.5. The smallest absolute Gasteiger partial charge is 0.245 e. The van der Waals surface area contributed by atoms with E-state index in [2.05, 4.69) is 15.2 Å². The summed E-state index contributed by atoms with van der Waals surface area (Å²) in [6.45, 7) is 3.10. The average molecular weight is 516 g/mol. The van der Waals surface area contributed by atoms with Crippen LogP contribution in [0.4, 0.5) is 23.0 Å². The maximum absolute atomic E-state index is 11.3. The molecule has 188 valence electrons. The molecule has 37 heavy (non-hydrogen) atoms. The predicted molar refractivity (Wildman–Crippen MR) is 149 cm³/mol. The second-order valence-electron chi connectivity index (χ2n) is 8.57. The minimum atomic E-state index is -0.546. The minimum absolute atomic E-state index is 0.425. The Balaban J connectivity index is 1.53. The Morgan fingerprint density at radius 1 is 1.16 bits per heavy atom. The standard InChI is InChI=1S/C28H26ClN5O3/c1-36-25-16-22(34-9-11-37-12-10-34)6-7-24(25)32-28-31-17-20-13-18(5-8-26(29)35)14-23(27(20)33-28)19-3-2-4-21(30)15-19/h2-8,13-17H,9-12,30H2,1H3,(H,31,32,33)/b8-5+. The number of nitrogens with zero attached hydrogens (tertiary/aromatic N) is 3. The summed E-state index contributed by atoms with van der Waals surface area (Å²) in [6, 6.07) is 17.4. The maximum Gasteiger partial charge on any atom is 0.245 e. The number of anilines is 4. The SMILES string of the molecule is COc1cc(N2CCOCC2)ccc1Nc1ncc2cc(/C=C/C(=O)Cl)cc(-c3cccc(N)c3)c2n1. The van der Waals surface area contributed by atoms with Crippen LogP contribution in [0.25, 0.3) is 28.1 Å². The van der Waals surface area contributed by atoms with Gasteiger partial charge in [0.1, 0.15) is 5.75 Å². The van der Waals surface area contributed by atoms with Crippen molar-refractivity contribution in [3.63, 3.8) is 0 Å². The molecule has 1 aliphatic heterocycles. The van der Waals surface area contributed by atoms with Crippen LogP contribution in [-0.4, -0.2) is 48.6 Å². The van der Waals surface area contributed by atoms with Gasteiger partial charge in [-0.25, -0.2) is 9.97 Å². The summed E-state index contributed by atoms with van der Waals surface area (Å²) in [7, 11) is 1.64. The van der Waals surface area contributed by atoms with Crippen LogP contribution in [0.1, 0.15) is 5.56 Å². The largest absolute Gasteiger partial charge is 0.494 e. The molecule has 0 spiro atoms. The fourth-order valence-corrected chi connectivity index (χ4v) is 4.40. The van der Waals surface area contributed by atoms with Gasteiger partial charge in [-0.05, 0) is 65.2 Å². The number of nitrogens with two attached hydrogens (primary N) is 1. The Bertz CT molecular complexity index is 1480. The molecule has 1 aromatic heterocycles. The number of benzene rings is 3. The number of rotatable bonds is 7. The van der Waals surface area contributed by atoms with Gasteiger partial charge >= 0.3 is 0 Å². The number of carbonyl (C=O) groups is 1. The van der Waals surface area contributed by atoms with E-state index < -0.39 is 5.24 Å². The lowest BCUT2D eigenvalue weighted by atomic mass is 9.99. The molecule has 1 aliphatic rings. The normalized spacial score (nSPS) is 13.7. The van der Waals surface area contributed by atoms with E-state index in [4.69, 9.17) is 31.8 Å². The summed E-state index contributed by atoms with van der Waals surface area (Å²) in [4.78, 5) is 22.9. The Kier molecular flexibility index (Phi) is 7.20. The molecule has 3 N–H and O–H groups in total. The lowest BCUT2D eigenvalue weighted by Crippen LogP contribution is -2.36. The van der Waals surface area contributed by atoms with Gasteiger partial charge in [0.15, 0.2) is 0 Å². The molecule has 0 aliphatic carbocycles. The van der Waals surface area contributed by atoms with Gasteiger partial charge in [0.2, 0.25) is 11.2 Å². The van der Waals surface area contributed by atoms with Crippen molar-refractivity contribution in [1.29, 1.82) is 0 Å². The number of hydrogen-bond acceptors (Lipinski definition) is 8. The first kappa shape index (κ1) is 24.5. The van der Waals surface area contributed by atoms with Crippen LogP contribution < -0.4 is 20.7 Å². The van der Waals surface area contributed by atoms with E-state index in [9.17, 15) is 4.79 Å². The second-order valence-corrected chi connectivity index (χ2v) is 8.94. The van der Waals surface area contributed by atoms with E-state index in [1.807, 2.05) is 54.6 Å². The molecule has 0 radical (unpaired) electrons. The molecule has 2 heterocycles. The van der Waals surface area contributed by atoms with Gasteiger partial charge < -0.3 is 25.4 Å². The quantitative estimate of drug-likeness (QED) is 0.195. The summed E-state index contributed by atoms with van der Waals surface area (Å²) < 4.78 is 11.1. The molecule has 0 amide bonds. The minimum Gasteiger partial charge on any atom is -0.494 e. The number of carbonyl (C=O) groups excluding carboxylic acids is 1. The number of fused-ring (bicyclic) bond motifs is 1. The molecule has 3 aromatic carbocycles. The van der Waals surface area contributed by atoms with Crippen molar-refractivity contribution in [2.45, 2.75) is 0 Å². The van der Waals surface area contributed by atoms with Gasteiger partial charge in [-0.3, -0.25) is 4.79 Å². The molecule has 0 atom stereocenters. The molecule has 1 fully saturated rings. The molecule has 0 saturated carbocycles. The Hall–Kier alpha value is -4.14. The highest BCUT2D eigenvalue weighted by Crippen LogP contribution is 2.34. The zero-order valence-corrected chi connectivity index (χ0v) is 21.0. The second kappa shape index (κ2) is 10.9. The number of halogens is 1. The third-order valence-electron chi connectivity index (χ3n) is 6.12. The first-order valence-corrected chi connectivity index (χ1v) is 12.2. The summed E-state index contributed by atoms with van der Waals surface area (Å²) in [5.41, 5.74) is 11.8. The topological polar surface area (TPSA) is 103 Å². The molecular weight excluding hydrogens is 490 g/mol. The van der Waals surface area contributed by atoms with E-state index in [0.29, 0.717) is 30.6 Å². The van der Waals surface area contributed by atoms with Crippen LogP contribution in [0.15, 0.2) is 66.9 Å². The highest BCUT2D eigenvalue weighted by molar-refractivity contribution is 6.66. The molecule has 1 saturated heterocycles. The highest BCUT2D eigenvalue weighted by Gasteiger charge is 2.15. The zero-order chi connectivity index (χ0) is 25.8. The van der Waals surface area contributed by atoms with E-state index in [-0.39, 0.29) is 0 Å². The van der Waals surface area contributed by atoms with Crippen molar-refractivity contribution in [3.8, 4) is 16.9 Å². The average Bonchev–Trinajstić information content (AvgIpc) is 2.92. The fourth-order valence-electron chi connectivity index (χ4n) is 4.34. The molecule has 8 nitrogen and oxygen atoms in total. The number of morpholine rings is 1. The number of methoxy groups -OCH3 is 1. The van der Waals surface area contributed by atoms with Gasteiger partial charge in [-0.1, -0.05) is 18.2 Å². The van der Waals surface area contributed by atoms with Crippen LogP contribution in [0.2, 0.25) is 0 Å². The third-order valence-corrected chi connectivity index (χ3v) is 6.24. The number of allylic oxidation sites excluding steroid dienone is 1. The van der Waals surface area contributed by atoms with Gasteiger partial charge in [-0.15, -0.1) is 0 Å². The molecule has 5 rings (SSSR count). The molecule has 4 aromatic rings. The predicted octanol–water partition coefficient (Wildman–Crippen LogP) is 5.25. The van der Waals surface area contributed by atoms with Crippen molar-refractivity contribution in [3.05, 3.63) is 72.4 Å². The third kappa shape index (κ3) is 5.66.